The number of hydrogen-bond donors (Lipinski definition) is 1. The van der Waals surface area contributed by atoms with Gasteiger partial charge in [0.25, 0.3) is 5.56 Å². The van der Waals surface area contributed by atoms with Crippen LogP contribution in [-0.2, 0) is 11.8 Å². The van der Waals surface area contributed by atoms with Crippen molar-refractivity contribution in [3.8, 4) is 0 Å². The van der Waals surface area contributed by atoms with Gasteiger partial charge in [0.15, 0.2) is 0 Å². The Labute approximate surface area is 125 Å². The van der Waals surface area contributed by atoms with Gasteiger partial charge in [0.1, 0.15) is 5.82 Å². The molecule has 1 fully saturated rings. The predicted molar refractivity (Wildman–Crippen MR) is 84.5 cm³/mol. The minimum atomic E-state index is -0.0899. The average molecular weight is 282 g/mol. The summed E-state index contributed by atoms with van der Waals surface area (Å²) in [4.78, 5) is 19.8. The second-order valence-corrected chi connectivity index (χ2v) is 6.48. The van der Waals surface area contributed by atoms with Gasteiger partial charge in [-0.2, -0.15) is 0 Å². The summed E-state index contributed by atoms with van der Waals surface area (Å²) < 4.78 is 0. The number of nitrogens with zero attached hydrogens (tertiary/aromatic N) is 1. The highest BCUT2D eigenvalue weighted by atomic mass is 16.1. The number of H-pyrrole nitrogens is 1. The number of nitrogens with one attached hydrogen (secondary N) is 1. The van der Waals surface area contributed by atoms with Crippen LogP contribution in [0.4, 0.5) is 0 Å². The van der Waals surface area contributed by atoms with Gasteiger partial charge in [-0.25, -0.2) is 4.98 Å². The van der Waals surface area contributed by atoms with Crippen LogP contribution < -0.4 is 5.56 Å². The molecule has 0 bridgehead atoms. The maximum Gasteiger partial charge on any atom is 0.251 e. The molecule has 110 valence electrons. The van der Waals surface area contributed by atoms with E-state index in [4.69, 9.17) is 4.98 Å². The Kier molecular flexibility index (Phi) is 3.66. The van der Waals surface area contributed by atoms with Gasteiger partial charge >= 0.3 is 0 Å². The smallest absolute Gasteiger partial charge is 0.251 e. The number of rotatable bonds is 4. The fourth-order valence-electron chi connectivity index (χ4n) is 3.21. The molecule has 1 N–H and O–H groups in total. The van der Waals surface area contributed by atoms with E-state index in [-0.39, 0.29) is 11.0 Å². The number of hydrogen-bond acceptors (Lipinski definition) is 2. The topological polar surface area (TPSA) is 45.8 Å². The molecule has 3 nitrogen and oxygen atoms in total. The molecule has 3 rings (SSSR count). The summed E-state index contributed by atoms with van der Waals surface area (Å²) in [5, 5.41) is 0. The van der Waals surface area contributed by atoms with E-state index < -0.39 is 0 Å². The normalized spacial score (nSPS) is 16.7. The molecule has 0 unspecified atom stereocenters. The molecule has 1 aliphatic carbocycles. The van der Waals surface area contributed by atoms with E-state index in [1.54, 1.807) is 6.07 Å². The lowest BCUT2D eigenvalue weighted by Crippen LogP contribution is -2.39. The van der Waals surface area contributed by atoms with E-state index in [1.807, 2.05) is 6.07 Å². The van der Waals surface area contributed by atoms with Crippen LogP contribution >= 0.6 is 0 Å². The van der Waals surface area contributed by atoms with Crippen LogP contribution in [0, 0.1) is 5.92 Å². The van der Waals surface area contributed by atoms with Crippen molar-refractivity contribution in [2.24, 2.45) is 5.92 Å². The van der Waals surface area contributed by atoms with E-state index in [0.717, 1.165) is 30.8 Å². The van der Waals surface area contributed by atoms with E-state index in [9.17, 15) is 4.79 Å². The van der Waals surface area contributed by atoms with E-state index in [2.05, 4.69) is 43.1 Å². The zero-order valence-electron chi connectivity index (χ0n) is 12.7. The maximum atomic E-state index is 12.0. The van der Waals surface area contributed by atoms with E-state index in [0.29, 0.717) is 5.92 Å². The molecule has 0 amide bonds. The van der Waals surface area contributed by atoms with Crippen LogP contribution in [0.25, 0.3) is 0 Å². The highest BCUT2D eigenvalue weighted by molar-refractivity contribution is 5.35. The highest BCUT2D eigenvalue weighted by Gasteiger charge is 2.42. The molecule has 2 aromatic rings. The average Bonchev–Trinajstić information content (AvgIpc) is 2.37. The molecule has 21 heavy (non-hydrogen) atoms. The van der Waals surface area contributed by atoms with Crippen molar-refractivity contribution in [3.05, 3.63) is 63.8 Å². The second kappa shape index (κ2) is 5.47. The van der Waals surface area contributed by atoms with E-state index >= 15 is 0 Å². The molecule has 1 aromatic carbocycles. The molecular weight excluding hydrogens is 260 g/mol. The zero-order valence-corrected chi connectivity index (χ0v) is 12.7. The highest BCUT2D eigenvalue weighted by Crippen LogP contribution is 2.47. The second-order valence-electron chi connectivity index (χ2n) is 6.48. The van der Waals surface area contributed by atoms with Crippen LogP contribution in [0.3, 0.4) is 0 Å². The van der Waals surface area contributed by atoms with Gasteiger partial charge in [-0.15, -0.1) is 0 Å². The molecule has 1 aliphatic rings. The minimum absolute atomic E-state index is 0.0298. The zero-order chi connectivity index (χ0) is 14.9. The molecule has 0 radical (unpaired) electrons. The summed E-state index contributed by atoms with van der Waals surface area (Å²) in [5.41, 5.74) is 2.05. The first-order chi connectivity index (χ1) is 10.1. The number of benzene rings is 1. The van der Waals surface area contributed by atoms with Crippen LogP contribution in [0.2, 0.25) is 0 Å². The third kappa shape index (κ3) is 2.65. The maximum absolute atomic E-state index is 12.0. The summed E-state index contributed by atoms with van der Waals surface area (Å²) in [6.07, 6.45) is 4.16. The number of aromatic nitrogens is 2. The predicted octanol–water partition coefficient (Wildman–Crippen LogP) is 3.44. The van der Waals surface area contributed by atoms with Crippen molar-refractivity contribution in [2.75, 3.05) is 0 Å². The Morgan fingerprint density at radius 3 is 2.52 bits per heavy atom. The van der Waals surface area contributed by atoms with Gasteiger partial charge in [-0.05, 0) is 30.7 Å². The van der Waals surface area contributed by atoms with Gasteiger partial charge in [0.05, 0.1) is 5.41 Å². The first-order valence-electron chi connectivity index (χ1n) is 7.76. The Balaban J connectivity index is 2.06. The van der Waals surface area contributed by atoms with Crippen molar-refractivity contribution in [3.63, 3.8) is 0 Å². The monoisotopic (exact) mass is 282 g/mol. The Morgan fingerprint density at radius 1 is 1.24 bits per heavy atom. The lowest BCUT2D eigenvalue weighted by atomic mass is 9.64. The summed E-state index contributed by atoms with van der Waals surface area (Å²) >= 11 is 0. The quantitative estimate of drug-likeness (QED) is 0.933. The minimum Gasteiger partial charge on any atom is -0.310 e. The molecule has 1 aromatic heterocycles. The van der Waals surface area contributed by atoms with Crippen molar-refractivity contribution in [2.45, 2.75) is 44.9 Å². The van der Waals surface area contributed by atoms with Crippen LogP contribution in [0.15, 0.2) is 41.2 Å². The SMILES string of the molecule is CC(C)Cc1cc(=O)[nH]c(C2(c3ccccc3)CCC2)n1. The van der Waals surface area contributed by atoms with Gasteiger partial charge < -0.3 is 4.98 Å². The lowest BCUT2D eigenvalue weighted by Gasteiger charge is -2.41. The summed E-state index contributed by atoms with van der Waals surface area (Å²) in [6.45, 7) is 4.30. The summed E-state index contributed by atoms with van der Waals surface area (Å²) in [7, 11) is 0. The van der Waals surface area contributed by atoms with Crippen molar-refractivity contribution < 1.29 is 0 Å². The van der Waals surface area contributed by atoms with Gasteiger partial charge in [0.2, 0.25) is 0 Å². The molecular formula is C18H22N2O. The Hall–Kier alpha value is -1.90. The Bertz CT molecular complexity index is 669. The van der Waals surface area contributed by atoms with Crippen LogP contribution in [0.5, 0.6) is 0 Å². The van der Waals surface area contributed by atoms with Crippen LogP contribution in [-0.4, -0.2) is 9.97 Å². The summed E-state index contributed by atoms with van der Waals surface area (Å²) in [5.74, 6) is 1.35. The molecule has 0 aliphatic heterocycles. The molecule has 3 heteroatoms. The Morgan fingerprint density at radius 2 is 1.95 bits per heavy atom. The third-order valence-electron chi connectivity index (χ3n) is 4.40. The van der Waals surface area contributed by atoms with Gasteiger partial charge in [0, 0.05) is 11.8 Å². The first-order valence-corrected chi connectivity index (χ1v) is 7.76. The van der Waals surface area contributed by atoms with Crippen molar-refractivity contribution in [1.82, 2.24) is 9.97 Å². The van der Waals surface area contributed by atoms with E-state index in [1.165, 1.54) is 12.0 Å². The van der Waals surface area contributed by atoms with Gasteiger partial charge in [-0.1, -0.05) is 50.6 Å². The van der Waals surface area contributed by atoms with Crippen LogP contribution in [0.1, 0.15) is 50.2 Å². The lowest BCUT2D eigenvalue weighted by molar-refractivity contribution is 0.283. The third-order valence-corrected chi connectivity index (χ3v) is 4.40. The molecule has 1 saturated carbocycles. The molecule has 0 spiro atoms. The molecule has 0 saturated heterocycles. The fraction of sp³-hybridized carbons (Fsp3) is 0.444. The first kappa shape index (κ1) is 14.1. The van der Waals surface area contributed by atoms with Gasteiger partial charge in [-0.3, -0.25) is 4.79 Å². The fourth-order valence-corrected chi connectivity index (χ4v) is 3.21. The summed E-state index contributed by atoms with van der Waals surface area (Å²) in [6, 6.07) is 12.1. The van der Waals surface area contributed by atoms with Crippen molar-refractivity contribution >= 4 is 0 Å². The largest absolute Gasteiger partial charge is 0.310 e. The number of aromatic amines is 1. The van der Waals surface area contributed by atoms with Crippen molar-refractivity contribution in [1.29, 1.82) is 0 Å². The standard InChI is InChI=1S/C18H22N2O/c1-13(2)11-15-12-16(21)20-17(19-15)18(9-6-10-18)14-7-4-3-5-8-14/h3-5,7-8,12-13H,6,9-11H2,1-2H3,(H,19,20,21). The molecule has 1 heterocycles. The molecule has 0 atom stereocenters.